The minimum Gasteiger partial charge on any atom is -0.466 e. The molecule has 2 rings (SSSR count). The molecule has 0 aromatic rings. The van der Waals surface area contributed by atoms with Gasteiger partial charge in [0.25, 0.3) is 0 Å². The average molecular weight is 283 g/mol. The quantitative estimate of drug-likeness (QED) is 0.689. The molecule has 0 saturated heterocycles. The van der Waals surface area contributed by atoms with Crippen LogP contribution in [0.15, 0.2) is 0 Å². The van der Waals surface area contributed by atoms with Crippen LogP contribution in [0.4, 0.5) is 0 Å². The lowest BCUT2D eigenvalue weighted by molar-refractivity contribution is -0.148. The van der Waals surface area contributed by atoms with Gasteiger partial charge in [-0.25, -0.2) is 0 Å². The van der Waals surface area contributed by atoms with Crippen molar-refractivity contribution in [1.29, 1.82) is 0 Å². The molecule has 2 bridgehead atoms. The summed E-state index contributed by atoms with van der Waals surface area (Å²) in [6, 6.07) is 0. The Morgan fingerprint density at radius 1 is 1.35 bits per heavy atom. The van der Waals surface area contributed by atoms with Crippen LogP contribution < -0.4 is 5.32 Å². The summed E-state index contributed by atoms with van der Waals surface area (Å²) in [4.78, 5) is 22.8. The fourth-order valence-electron chi connectivity index (χ4n) is 3.70. The van der Waals surface area contributed by atoms with Crippen molar-refractivity contribution in [1.82, 2.24) is 5.32 Å². The van der Waals surface area contributed by atoms with Gasteiger partial charge in [-0.15, -0.1) is 0 Å². The SMILES string of the molecule is CCOC(=O)C[C@H](O)C(=O)NCC[C@@H]1C[C@H]2CC[C@H]1C2. The minimum atomic E-state index is -1.30. The first-order valence-corrected chi connectivity index (χ1v) is 7.71. The van der Waals surface area contributed by atoms with Gasteiger partial charge in [0.15, 0.2) is 0 Å². The van der Waals surface area contributed by atoms with Gasteiger partial charge >= 0.3 is 5.97 Å². The number of carbonyl (C=O) groups excluding carboxylic acids is 2. The molecule has 5 nitrogen and oxygen atoms in total. The largest absolute Gasteiger partial charge is 0.466 e. The summed E-state index contributed by atoms with van der Waals surface area (Å²) in [5.41, 5.74) is 0. The summed E-state index contributed by atoms with van der Waals surface area (Å²) in [5, 5.41) is 12.3. The van der Waals surface area contributed by atoms with E-state index in [9.17, 15) is 14.7 Å². The second-order valence-electron chi connectivity index (χ2n) is 6.04. The van der Waals surface area contributed by atoms with Crippen LogP contribution in [0.2, 0.25) is 0 Å². The summed E-state index contributed by atoms with van der Waals surface area (Å²) >= 11 is 0. The summed E-state index contributed by atoms with van der Waals surface area (Å²) < 4.78 is 4.70. The summed E-state index contributed by atoms with van der Waals surface area (Å²) in [7, 11) is 0. The number of hydrogen-bond acceptors (Lipinski definition) is 4. The average Bonchev–Trinajstić information content (AvgIpc) is 3.01. The highest BCUT2D eigenvalue weighted by Crippen LogP contribution is 2.49. The predicted octanol–water partition coefficient (Wildman–Crippen LogP) is 1.24. The molecule has 2 aliphatic rings. The lowest BCUT2D eigenvalue weighted by Crippen LogP contribution is -2.37. The number of esters is 1. The summed E-state index contributed by atoms with van der Waals surface area (Å²) in [6.45, 7) is 2.55. The third-order valence-corrected chi connectivity index (χ3v) is 4.67. The van der Waals surface area contributed by atoms with Crippen LogP contribution in [0.25, 0.3) is 0 Å². The number of amides is 1. The molecule has 2 saturated carbocycles. The van der Waals surface area contributed by atoms with Crippen LogP contribution in [-0.2, 0) is 14.3 Å². The van der Waals surface area contributed by atoms with Gasteiger partial charge in [-0.05, 0) is 50.4 Å². The van der Waals surface area contributed by atoms with Crippen molar-refractivity contribution in [3.05, 3.63) is 0 Å². The Morgan fingerprint density at radius 3 is 2.75 bits per heavy atom. The van der Waals surface area contributed by atoms with E-state index in [2.05, 4.69) is 5.32 Å². The van der Waals surface area contributed by atoms with E-state index < -0.39 is 18.0 Å². The van der Waals surface area contributed by atoms with Gasteiger partial charge in [0.05, 0.1) is 13.0 Å². The molecule has 0 unspecified atom stereocenters. The lowest BCUT2D eigenvalue weighted by Gasteiger charge is -2.21. The zero-order valence-electron chi connectivity index (χ0n) is 12.1. The van der Waals surface area contributed by atoms with Gasteiger partial charge in [0.2, 0.25) is 5.91 Å². The van der Waals surface area contributed by atoms with E-state index in [-0.39, 0.29) is 13.0 Å². The Labute approximate surface area is 120 Å². The first-order chi connectivity index (χ1) is 9.60. The Morgan fingerprint density at radius 2 is 2.15 bits per heavy atom. The fourth-order valence-corrected chi connectivity index (χ4v) is 3.70. The van der Waals surface area contributed by atoms with Crippen molar-refractivity contribution in [2.75, 3.05) is 13.2 Å². The van der Waals surface area contributed by atoms with Crippen molar-refractivity contribution in [3.8, 4) is 0 Å². The van der Waals surface area contributed by atoms with Gasteiger partial charge in [-0.3, -0.25) is 9.59 Å². The molecule has 0 spiro atoms. The molecule has 0 heterocycles. The van der Waals surface area contributed by atoms with E-state index in [0.29, 0.717) is 6.54 Å². The van der Waals surface area contributed by atoms with Gasteiger partial charge in [0, 0.05) is 6.54 Å². The minimum absolute atomic E-state index is 0.261. The molecule has 2 fully saturated rings. The highest BCUT2D eigenvalue weighted by molar-refractivity contribution is 5.85. The van der Waals surface area contributed by atoms with E-state index in [4.69, 9.17) is 4.74 Å². The van der Waals surface area contributed by atoms with Crippen molar-refractivity contribution in [2.45, 2.75) is 51.6 Å². The van der Waals surface area contributed by atoms with Crippen molar-refractivity contribution >= 4 is 11.9 Å². The maximum atomic E-state index is 11.6. The topological polar surface area (TPSA) is 75.6 Å². The lowest BCUT2D eigenvalue weighted by atomic mass is 9.86. The molecule has 0 radical (unpaired) electrons. The van der Waals surface area contributed by atoms with E-state index in [1.54, 1.807) is 6.92 Å². The van der Waals surface area contributed by atoms with Crippen LogP contribution in [0.1, 0.15) is 45.4 Å². The van der Waals surface area contributed by atoms with E-state index >= 15 is 0 Å². The van der Waals surface area contributed by atoms with E-state index in [1.165, 1.54) is 25.7 Å². The Bertz CT molecular complexity index is 358. The normalized spacial score (nSPS) is 29.2. The van der Waals surface area contributed by atoms with Crippen molar-refractivity contribution < 1.29 is 19.4 Å². The third kappa shape index (κ3) is 3.95. The Kier molecular flexibility index (Phi) is 5.40. The molecule has 0 aromatic heterocycles. The second-order valence-corrected chi connectivity index (χ2v) is 6.04. The maximum absolute atomic E-state index is 11.6. The molecule has 0 aromatic carbocycles. The maximum Gasteiger partial charge on any atom is 0.308 e. The second kappa shape index (κ2) is 7.07. The number of rotatable bonds is 7. The van der Waals surface area contributed by atoms with Gasteiger partial charge in [-0.2, -0.15) is 0 Å². The number of hydrogen-bond donors (Lipinski definition) is 2. The molecule has 4 atom stereocenters. The van der Waals surface area contributed by atoms with Crippen LogP contribution in [0.5, 0.6) is 0 Å². The van der Waals surface area contributed by atoms with Gasteiger partial charge < -0.3 is 15.2 Å². The standard InChI is InChI=1S/C15H25NO4/c1-2-20-14(18)9-13(17)15(19)16-6-5-12-8-10-3-4-11(12)7-10/h10-13,17H,2-9H2,1H3,(H,16,19)/t10-,11-,12+,13-/m0/s1. The molecule has 114 valence electrons. The van der Waals surface area contributed by atoms with E-state index in [1.807, 2.05) is 0 Å². The third-order valence-electron chi connectivity index (χ3n) is 4.67. The zero-order valence-corrected chi connectivity index (χ0v) is 12.1. The van der Waals surface area contributed by atoms with Crippen molar-refractivity contribution in [2.24, 2.45) is 17.8 Å². The molecule has 2 N–H and O–H groups in total. The Hall–Kier alpha value is -1.10. The van der Waals surface area contributed by atoms with E-state index in [0.717, 1.165) is 24.2 Å². The fraction of sp³-hybridized carbons (Fsp3) is 0.867. The molecular formula is C15H25NO4. The number of aliphatic hydroxyl groups excluding tert-OH is 1. The monoisotopic (exact) mass is 283 g/mol. The van der Waals surface area contributed by atoms with Gasteiger partial charge in [0.1, 0.15) is 6.10 Å². The number of nitrogens with one attached hydrogen (secondary N) is 1. The smallest absolute Gasteiger partial charge is 0.308 e. The number of ether oxygens (including phenoxy) is 1. The number of aliphatic hydroxyl groups is 1. The van der Waals surface area contributed by atoms with Gasteiger partial charge in [-0.1, -0.05) is 6.42 Å². The number of carbonyl (C=O) groups is 2. The predicted molar refractivity (Wildman–Crippen MR) is 73.8 cm³/mol. The summed E-state index contributed by atoms with van der Waals surface area (Å²) in [6.07, 6.45) is 4.80. The van der Waals surface area contributed by atoms with Crippen LogP contribution in [-0.4, -0.2) is 36.2 Å². The first-order valence-electron chi connectivity index (χ1n) is 7.71. The van der Waals surface area contributed by atoms with Crippen LogP contribution in [0.3, 0.4) is 0 Å². The molecule has 2 aliphatic carbocycles. The summed E-state index contributed by atoms with van der Waals surface area (Å²) in [5.74, 6) is 1.48. The molecule has 5 heteroatoms. The molecule has 0 aliphatic heterocycles. The Balaban J connectivity index is 1.61. The molecule has 1 amide bonds. The highest BCUT2D eigenvalue weighted by atomic mass is 16.5. The molecular weight excluding hydrogens is 258 g/mol. The zero-order chi connectivity index (χ0) is 14.5. The van der Waals surface area contributed by atoms with Crippen molar-refractivity contribution in [3.63, 3.8) is 0 Å². The highest BCUT2D eigenvalue weighted by Gasteiger charge is 2.38. The van der Waals surface area contributed by atoms with Crippen LogP contribution in [0, 0.1) is 17.8 Å². The molecule has 20 heavy (non-hydrogen) atoms. The van der Waals surface area contributed by atoms with Crippen LogP contribution >= 0.6 is 0 Å². The first kappa shape index (κ1) is 15.3. The number of fused-ring (bicyclic) bond motifs is 2.